The number of rotatable bonds is 0. The molecule has 2 heterocycles. The number of pyridine rings is 1. The van der Waals surface area contributed by atoms with Crippen molar-refractivity contribution in [2.24, 2.45) is 0 Å². The minimum Gasteiger partial charge on any atom is -0.262 e. The van der Waals surface area contributed by atoms with Gasteiger partial charge in [-0.15, -0.1) is 0 Å². The first-order valence-corrected chi connectivity index (χ1v) is 3.95. The van der Waals surface area contributed by atoms with Gasteiger partial charge in [-0.3, -0.25) is 4.98 Å². The van der Waals surface area contributed by atoms with Crippen molar-refractivity contribution < 1.29 is 0 Å². The highest BCUT2D eigenvalue weighted by Gasteiger charge is 2.01. The Balaban J connectivity index is 2.88. The Labute approximate surface area is 78.4 Å². The Hall–Kier alpha value is -0.930. The predicted molar refractivity (Wildman–Crippen MR) is 47.4 cm³/mol. The maximum Gasteiger partial charge on any atom is 0.222 e. The highest BCUT2D eigenvalue weighted by Crippen LogP contribution is 2.19. The van der Waals surface area contributed by atoms with Gasteiger partial charge in [-0.05, 0) is 11.6 Å². The monoisotopic (exact) mass is 199 g/mol. The second-order valence-electron chi connectivity index (χ2n) is 2.20. The van der Waals surface area contributed by atoms with E-state index in [0.717, 1.165) is 5.39 Å². The zero-order valence-electron chi connectivity index (χ0n) is 5.83. The Kier molecular flexibility index (Phi) is 1.83. The van der Waals surface area contributed by atoms with Gasteiger partial charge in [0.2, 0.25) is 5.28 Å². The van der Waals surface area contributed by atoms with E-state index in [2.05, 4.69) is 15.0 Å². The van der Waals surface area contributed by atoms with E-state index in [0.29, 0.717) is 10.5 Å². The molecule has 0 aliphatic carbocycles. The van der Waals surface area contributed by atoms with Crippen LogP contribution in [0.1, 0.15) is 0 Å². The van der Waals surface area contributed by atoms with Gasteiger partial charge in [-0.1, -0.05) is 11.6 Å². The van der Waals surface area contributed by atoms with Gasteiger partial charge in [0.25, 0.3) is 0 Å². The lowest BCUT2D eigenvalue weighted by molar-refractivity contribution is 1.21. The second-order valence-corrected chi connectivity index (χ2v) is 2.94. The first-order valence-electron chi connectivity index (χ1n) is 3.19. The van der Waals surface area contributed by atoms with Crippen LogP contribution in [0.2, 0.25) is 10.3 Å². The smallest absolute Gasteiger partial charge is 0.222 e. The fourth-order valence-corrected chi connectivity index (χ4v) is 1.24. The average molecular weight is 200 g/mol. The van der Waals surface area contributed by atoms with Crippen molar-refractivity contribution in [3.63, 3.8) is 0 Å². The molecule has 0 fully saturated rings. The van der Waals surface area contributed by atoms with Crippen molar-refractivity contribution in [1.29, 1.82) is 0 Å². The molecule has 2 rings (SSSR count). The summed E-state index contributed by atoms with van der Waals surface area (Å²) in [5.74, 6) is 0. The summed E-state index contributed by atoms with van der Waals surface area (Å²) in [5, 5.41) is 1.46. The Morgan fingerprint density at radius 2 is 1.92 bits per heavy atom. The molecule has 0 unspecified atom stereocenters. The molecule has 0 amide bonds. The largest absolute Gasteiger partial charge is 0.262 e. The maximum atomic E-state index is 5.82. The molecule has 0 saturated carbocycles. The molecule has 60 valence electrons. The van der Waals surface area contributed by atoms with Crippen LogP contribution in [0.15, 0.2) is 18.6 Å². The van der Waals surface area contributed by atoms with E-state index in [-0.39, 0.29) is 5.28 Å². The first kappa shape index (κ1) is 7.71. The molecule has 5 heteroatoms. The van der Waals surface area contributed by atoms with E-state index in [9.17, 15) is 0 Å². The van der Waals surface area contributed by atoms with Crippen LogP contribution in [0.5, 0.6) is 0 Å². The number of hydrogen-bond donors (Lipinski definition) is 0. The molecule has 0 radical (unpaired) electrons. The van der Waals surface area contributed by atoms with E-state index in [1.165, 1.54) is 6.20 Å². The lowest BCUT2D eigenvalue weighted by Crippen LogP contribution is -1.85. The van der Waals surface area contributed by atoms with Gasteiger partial charge in [0.1, 0.15) is 0 Å². The molecule has 0 bridgehead atoms. The second kappa shape index (κ2) is 2.84. The van der Waals surface area contributed by atoms with Crippen molar-refractivity contribution in [2.75, 3.05) is 0 Å². The van der Waals surface area contributed by atoms with E-state index in [1.807, 2.05) is 0 Å². The predicted octanol–water partition coefficient (Wildman–Crippen LogP) is 2.33. The summed E-state index contributed by atoms with van der Waals surface area (Å²) in [4.78, 5) is 11.6. The van der Waals surface area contributed by atoms with Crippen LogP contribution >= 0.6 is 23.2 Å². The topological polar surface area (TPSA) is 38.7 Å². The third-order valence-corrected chi connectivity index (χ3v) is 1.87. The number of nitrogens with zero attached hydrogens (tertiary/aromatic N) is 3. The van der Waals surface area contributed by atoms with Crippen LogP contribution in [-0.2, 0) is 0 Å². The van der Waals surface area contributed by atoms with Gasteiger partial charge >= 0.3 is 0 Å². The summed E-state index contributed by atoms with van der Waals surface area (Å²) in [6.45, 7) is 0. The van der Waals surface area contributed by atoms with Gasteiger partial charge < -0.3 is 0 Å². The molecular weight excluding hydrogens is 197 g/mol. The first-order chi connectivity index (χ1) is 5.77. The minimum atomic E-state index is 0.190. The van der Waals surface area contributed by atoms with Crippen LogP contribution < -0.4 is 0 Å². The van der Waals surface area contributed by atoms with E-state index < -0.39 is 0 Å². The van der Waals surface area contributed by atoms with Crippen molar-refractivity contribution in [3.8, 4) is 0 Å². The summed E-state index contributed by atoms with van der Waals surface area (Å²) < 4.78 is 0. The van der Waals surface area contributed by atoms with Crippen molar-refractivity contribution >= 4 is 34.1 Å². The molecular formula is C7H3Cl2N3. The van der Waals surface area contributed by atoms with Crippen LogP contribution in [0.3, 0.4) is 0 Å². The number of halogens is 2. The van der Waals surface area contributed by atoms with Gasteiger partial charge in [-0.2, -0.15) is 0 Å². The third-order valence-electron chi connectivity index (χ3n) is 1.42. The highest BCUT2D eigenvalue weighted by molar-refractivity contribution is 6.35. The SMILES string of the molecule is Clc1ncc2cncc(Cl)c2n1. The quantitative estimate of drug-likeness (QED) is 0.612. The molecule has 0 spiro atoms. The fourth-order valence-electron chi connectivity index (χ4n) is 0.900. The number of aromatic nitrogens is 3. The van der Waals surface area contributed by atoms with Gasteiger partial charge in [0.05, 0.1) is 10.5 Å². The van der Waals surface area contributed by atoms with E-state index in [4.69, 9.17) is 23.2 Å². The molecule has 3 nitrogen and oxygen atoms in total. The van der Waals surface area contributed by atoms with Crippen LogP contribution in [0.25, 0.3) is 10.9 Å². The van der Waals surface area contributed by atoms with Crippen molar-refractivity contribution in [2.45, 2.75) is 0 Å². The van der Waals surface area contributed by atoms with Gasteiger partial charge in [0.15, 0.2) is 0 Å². The third kappa shape index (κ3) is 1.21. The average Bonchev–Trinajstić information content (AvgIpc) is 2.07. The van der Waals surface area contributed by atoms with Crippen molar-refractivity contribution in [1.82, 2.24) is 15.0 Å². The molecule has 2 aromatic heterocycles. The standard InChI is InChI=1S/C7H3Cl2N3/c8-5-3-10-1-4-2-11-7(9)12-6(4)5/h1-3H. The van der Waals surface area contributed by atoms with E-state index >= 15 is 0 Å². The van der Waals surface area contributed by atoms with Crippen LogP contribution in [0.4, 0.5) is 0 Å². The zero-order valence-corrected chi connectivity index (χ0v) is 7.34. The highest BCUT2D eigenvalue weighted by atomic mass is 35.5. The number of hydrogen-bond acceptors (Lipinski definition) is 3. The molecule has 0 aromatic carbocycles. The summed E-state index contributed by atoms with van der Waals surface area (Å²) in [5.41, 5.74) is 0.631. The molecule has 2 aromatic rings. The summed E-state index contributed by atoms with van der Waals surface area (Å²) in [6, 6.07) is 0. The van der Waals surface area contributed by atoms with Gasteiger partial charge in [-0.25, -0.2) is 9.97 Å². The zero-order chi connectivity index (χ0) is 8.55. The maximum absolute atomic E-state index is 5.82. The normalized spacial score (nSPS) is 10.5. The van der Waals surface area contributed by atoms with Gasteiger partial charge in [0, 0.05) is 24.0 Å². The summed E-state index contributed by atoms with van der Waals surface area (Å²) in [7, 11) is 0. The molecule has 0 N–H and O–H groups in total. The van der Waals surface area contributed by atoms with E-state index in [1.54, 1.807) is 12.4 Å². The molecule has 0 aliphatic rings. The minimum absolute atomic E-state index is 0.190. The molecule has 12 heavy (non-hydrogen) atoms. The molecule has 0 saturated heterocycles. The number of fused-ring (bicyclic) bond motifs is 1. The summed E-state index contributed by atoms with van der Waals surface area (Å²) in [6.07, 6.45) is 4.74. The lowest BCUT2D eigenvalue weighted by Gasteiger charge is -1.96. The van der Waals surface area contributed by atoms with Crippen LogP contribution in [-0.4, -0.2) is 15.0 Å². The van der Waals surface area contributed by atoms with Crippen molar-refractivity contribution in [3.05, 3.63) is 28.9 Å². The Bertz CT molecular complexity index is 430. The molecule has 0 atom stereocenters. The Morgan fingerprint density at radius 3 is 2.75 bits per heavy atom. The summed E-state index contributed by atoms with van der Waals surface area (Å²) >= 11 is 11.4. The fraction of sp³-hybridized carbons (Fsp3) is 0. The van der Waals surface area contributed by atoms with Crippen LogP contribution in [0, 0.1) is 0 Å². The lowest BCUT2D eigenvalue weighted by atomic mass is 10.3. The molecule has 0 aliphatic heterocycles. The Morgan fingerprint density at radius 1 is 1.08 bits per heavy atom.